The largest absolute Gasteiger partial charge is 0.416 e. The number of aromatic nitrogens is 1. The molecule has 0 amide bonds. The molecule has 1 aromatic carbocycles. The number of benzene rings is 1. The zero-order valence-corrected chi connectivity index (χ0v) is 12.7. The average Bonchev–Trinajstić information content (AvgIpc) is 2.43. The minimum atomic E-state index is -4.47. The van der Waals surface area contributed by atoms with Gasteiger partial charge in [-0.3, -0.25) is 10.8 Å². The topological polar surface area (TPSA) is 50.9 Å². The van der Waals surface area contributed by atoms with Gasteiger partial charge in [0, 0.05) is 22.4 Å². The molecule has 0 bridgehead atoms. The van der Waals surface area contributed by atoms with E-state index in [-0.39, 0.29) is 5.56 Å². The summed E-state index contributed by atoms with van der Waals surface area (Å²) in [5, 5.41) is 0. The Kier molecular flexibility index (Phi) is 4.65. The Hall–Kier alpha value is -1.44. The normalized spacial score (nSPS) is 13.2. The number of pyridine rings is 1. The highest BCUT2D eigenvalue weighted by molar-refractivity contribution is 9.10. The lowest BCUT2D eigenvalue weighted by Crippen LogP contribution is -2.31. The molecule has 3 N–H and O–H groups in total. The molecule has 2 aromatic rings. The van der Waals surface area contributed by atoms with E-state index in [1.165, 1.54) is 6.20 Å². The second-order valence-corrected chi connectivity index (χ2v) is 5.44. The molecule has 1 atom stereocenters. The lowest BCUT2D eigenvalue weighted by Gasteiger charge is -2.22. The summed E-state index contributed by atoms with van der Waals surface area (Å²) in [4.78, 5) is 3.79. The molecule has 0 saturated heterocycles. The van der Waals surface area contributed by atoms with Gasteiger partial charge in [-0.15, -0.1) is 0 Å². The smallest absolute Gasteiger partial charge is 0.271 e. The van der Waals surface area contributed by atoms with Gasteiger partial charge in [0.2, 0.25) is 0 Å². The molecular formula is C14H13BrF3N3. The predicted molar refractivity (Wildman–Crippen MR) is 77.3 cm³/mol. The summed E-state index contributed by atoms with van der Waals surface area (Å²) in [7, 11) is 0. The Morgan fingerprint density at radius 1 is 1.24 bits per heavy atom. The average molecular weight is 360 g/mol. The molecule has 0 saturated carbocycles. The van der Waals surface area contributed by atoms with Crippen LogP contribution in [0.2, 0.25) is 0 Å². The molecule has 112 valence electrons. The van der Waals surface area contributed by atoms with Gasteiger partial charge in [0.05, 0.1) is 11.6 Å². The van der Waals surface area contributed by atoms with Gasteiger partial charge in [0.25, 0.3) is 0 Å². The molecule has 1 aromatic heterocycles. The molecule has 2 rings (SSSR count). The summed E-state index contributed by atoms with van der Waals surface area (Å²) in [6.45, 7) is 1.86. The molecule has 0 radical (unpaired) electrons. The maximum absolute atomic E-state index is 13.1. The maximum Gasteiger partial charge on any atom is 0.416 e. The quantitative estimate of drug-likeness (QED) is 0.648. The molecule has 0 aliphatic heterocycles. The number of aryl methyl sites for hydroxylation is 1. The summed E-state index contributed by atoms with van der Waals surface area (Å²) in [6, 6.07) is 5.54. The zero-order valence-electron chi connectivity index (χ0n) is 11.1. The number of nitrogens with zero attached hydrogens (tertiary/aromatic N) is 1. The van der Waals surface area contributed by atoms with Crippen LogP contribution in [0, 0.1) is 6.92 Å². The van der Waals surface area contributed by atoms with Crippen LogP contribution in [-0.4, -0.2) is 4.98 Å². The van der Waals surface area contributed by atoms with E-state index in [4.69, 9.17) is 5.84 Å². The van der Waals surface area contributed by atoms with Gasteiger partial charge >= 0.3 is 6.18 Å². The summed E-state index contributed by atoms with van der Waals surface area (Å²) < 4.78 is 40.1. The highest BCUT2D eigenvalue weighted by atomic mass is 79.9. The predicted octanol–water partition coefficient (Wildman–Crippen LogP) is 3.72. The van der Waals surface area contributed by atoms with Crippen molar-refractivity contribution >= 4 is 15.9 Å². The van der Waals surface area contributed by atoms with Gasteiger partial charge < -0.3 is 0 Å². The van der Waals surface area contributed by atoms with Crippen LogP contribution in [0.1, 0.15) is 28.3 Å². The van der Waals surface area contributed by atoms with Crippen LogP contribution in [0.15, 0.2) is 41.1 Å². The van der Waals surface area contributed by atoms with E-state index in [1.54, 1.807) is 12.1 Å². The maximum atomic E-state index is 13.1. The third kappa shape index (κ3) is 3.42. The van der Waals surface area contributed by atoms with E-state index in [0.717, 1.165) is 17.8 Å². The molecule has 7 heteroatoms. The minimum Gasteiger partial charge on any atom is -0.271 e. The Morgan fingerprint density at radius 2 is 1.95 bits per heavy atom. The van der Waals surface area contributed by atoms with Crippen molar-refractivity contribution in [1.29, 1.82) is 0 Å². The summed E-state index contributed by atoms with van der Waals surface area (Å²) in [6.07, 6.45) is -2.17. The van der Waals surface area contributed by atoms with Crippen LogP contribution >= 0.6 is 15.9 Å². The van der Waals surface area contributed by atoms with Crippen LogP contribution in [-0.2, 0) is 6.18 Å². The number of nitrogens with two attached hydrogens (primary N) is 1. The fraction of sp³-hybridized carbons (Fsp3) is 0.214. The van der Waals surface area contributed by atoms with E-state index in [0.29, 0.717) is 10.0 Å². The number of hydrogen-bond donors (Lipinski definition) is 2. The van der Waals surface area contributed by atoms with Crippen LogP contribution in [0.25, 0.3) is 0 Å². The van der Waals surface area contributed by atoms with Crippen LogP contribution < -0.4 is 11.3 Å². The number of rotatable bonds is 3. The first-order chi connectivity index (χ1) is 9.84. The molecule has 0 fully saturated rings. The van der Waals surface area contributed by atoms with E-state index in [1.807, 2.05) is 13.0 Å². The number of halogens is 4. The fourth-order valence-corrected chi connectivity index (χ4v) is 2.60. The summed E-state index contributed by atoms with van der Waals surface area (Å²) in [5.41, 5.74) is 3.22. The Balaban J connectivity index is 2.60. The van der Waals surface area contributed by atoms with Crippen molar-refractivity contribution in [2.24, 2.45) is 5.84 Å². The van der Waals surface area contributed by atoms with Crippen LogP contribution in [0.5, 0.6) is 0 Å². The summed E-state index contributed by atoms with van der Waals surface area (Å²) in [5.74, 6) is 5.50. The van der Waals surface area contributed by atoms with E-state index in [9.17, 15) is 13.2 Å². The first kappa shape index (κ1) is 15.9. The third-order valence-electron chi connectivity index (χ3n) is 3.10. The van der Waals surface area contributed by atoms with Crippen molar-refractivity contribution in [2.45, 2.75) is 19.1 Å². The second-order valence-electron chi connectivity index (χ2n) is 4.59. The van der Waals surface area contributed by atoms with Crippen molar-refractivity contribution in [1.82, 2.24) is 10.4 Å². The zero-order chi connectivity index (χ0) is 15.6. The number of nitrogens with one attached hydrogen (secondary N) is 1. The van der Waals surface area contributed by atoms with Crippen molar-refractivity contribution in [3.8, 4) is 0 Å². The molecule has 3 nitrogen and oxygen atoms in total. The SMILES string of the molecule is Cc1ccc(Br)c(C(NN)c2cnccc2C(F)(F)F)c1. The number of alkyl halides is 3. The van der Waals surface area contributed by atoms with Gasteiger partial charge in [0.1, 0.15) is 0 Å². The first-order valence-corrected chi connectivity index (χ1v) is 6.87. The molecule has 0 aliphatic rings. The number of hydrazine groups is 1. The number of hydrogen-bond acceptors (Lipinski definition) is 3. The van der Waals surface area contributed by atoms with E-state index < -0.39 is 17.8 Å². The molecular weight excluding hydrogens is 347 g/mol. The Labute approximate surface area is 128 Å². The van der Waals surface area contributed by atoms with Crippen molar-refractivity contribution in [2.75, 3.05) is 0 Å². The van der Waals surface area contributed by atoms with Gasteiger partial charge in [-0.25, -0.2) is 5.43 Å². The van der Waals surface area contributed by atoms with Crippen LogP contribution in [0.3, 0.4) is 0 Å². The molecule has 1 unspecified atom stereocenters. The fourth-order valence-electron chi connectivity index (χ4n) is 2.13. The third-order valence-corrected chi connectivity index (χ3v) is 3.82. The van der Waals surface area contributed by atoms with Gasteiger partial charge in [-0.05, 0) is 24.6 Å². The van der Waals surface area contributed by atoms with Gasteiger partial charge in [0.15, 0.2) is 0 Å². The first-order valence-electron chi connectivity index (χ1n) is 6.08. The molecule has 1 heterocycles. The highest BCUT2D eigenvalue weighted by Gasteiger charge is 2.35. The molecule has 0 spiro atoms. The van der Waals surface area contributed by atoms with Crippen molar-refractivity contribution in [3.63, 3.8) is 0 Å². The van der Waals surface area contributed by atoms with Crippen molar-refractivity contribution < 1.29 is 13.2 Å². The van der Waals surface area contributed by atoms with Gasteiger partial charge in [-0.2, -0.15) is 13.2 Å². The molecule has 21 heavy (non-hydrogen) atoms. The minimum absolute atomic E-state index is 0.0150. The lowest BCUT2D eigenvalue weighted by molar-refractivity contribution is -0.138. The lowest BCUT2D eigenvalue weighted by atomic mass is 9.95. The van der Waals surface area contributed by atoms with Crippen LogP contribution in [0.4, 0.5) is 13.2 Å². The van der Waals surface area contributed by atoms with Crippen molar-refractivity contribution in [3.05, 3.63) is 63.4 Å². The summed E-state index contributed by atoms with van der Waals surface area (Å²) >= 11 is 3.35. The Morgan fingerprint density at radius 3 is 2.57 bits per heavy atom. The molecule has 0 aliphatic carbocycles. The monoisotopic (exact) mass is 359 g/mol. The highest BCUT2D eigenvalue weighted by Crippen LogP contribution is 2.37. The van der Waals surface area contributed by atoms with E-state index in [2.05, 4.69) is 26.3 Å². The van der Waals surface area contributed by atoms with E-state index >= 15 is 0 Å². The second kappa shape index (κ2) is 6.13. The Bertz CT molecular complexity index is 644. The van der Waals surface area contributed by atoms with Gasteiger partial charge in [-0.1, -0.05) is 33.6 Å². The standard InChI is InChI=1S/C14H13BrF3N3/c1-8-2-3-12(15)9(6-8)13(21-19)10-7-20-5-4-11(10)14(16,17)18/h2-7,13,21H,19H2,1H3.